The molecule has 0 fully saturated rings. The predicted molar refractivity (Wildman–Crippen MR) is 86.5 cm³/mol. The molecule has 0 radical (unpaired) electrons. The maximum Gasteiger partial charge on any atom is 0.161 e. The summed E-state index contributed by atoms with van der Waals surface area (Å²) in [5.41, 5.74) is 0.609. The van der Waals surface area contributed by atoms with Crippen LogP contribution in [0.1, 0.15) is 69.7 Å². The van der Waals surface area contributed by atoms with Crippen LogP contribution in [0.5, 0.6) is 11.5 Å². The van der Waals surface area contributed by atoms with E-state index in [9.17, 15) is 4.79 Å². The van der Waals surface area contributed by atoms with Gasteiger partial charge in [0.1, 0.15) is 6.29 Å². The summed E-state index contributed by atoms with van der Waals surface area (Å²) >= 11 is 0. The van der Waals surface area contributed by atoms with Gasteiger partial charge in [0.05, 0.1) is 12.7 Å². The van der Waals surface area contributed by atoms with Gasteiger partial charge in [0.2, 0.25) is 0 Å². The molecule has 0 aliphatic rings. The van der Waals surface area contributed by atoms with E-state index in [0.717, 1.165) is 18.5 Å². The van der Waals surface area contributed by atoms with Crippen LogP contribution in [0.3, 0.4) is 0 Å². The van der Waals surface area contributed by atoms with E-state index in [0.29, 0.717) is 17.9 Å². The monoisotopic (exact) mass is 292 g/mol. The largest absolute Gasteiger partial charge is 0.490 e. The van der Waals surface area contributed by atoms with Crippen LogP contribution in [0.2, 0.25) is 0 Å². The predicted octanol–water partition coefficient (Wildman–Crippen LogP) is 5.03. The molecule has 1 aromatic rings. The highest BCUT2D eigenvalue weighted by atomic mass is 16.5. The zero-order valence-corrected chi connectivity index (χ0v) is 13.6. The van der Waals surface area contributed by atoms with Gasteiger partial charge in [-0.15, -0.1) is 0 Å². The lowest BCUT2D eigenvalue weighted by atomic mass is 10.1. The molecule has 0 saturated heterocycles. The Kier molecular flexibility index (Phi) is 8.56. The number of carbonyl (C=O) groups is 1. The Morgan fingerprint density at radius 2 is 1.86 bits per heavy atom. The standard InChI is InChI=1S/C18H28O3/c1-4-6-7-8-9-10-15(3)21-17-12-11-16(14-19)13-18(17)20-5-2/h11-15H,4-10H2,1-3H3. The maximum absolute atomic E-state index is 10.8. The molecule has 0 bridgehead atoms. The van der Waals surface area contributed by atoms with Crippen molar-refractivity contribution in [2.24, 2.45) is 0 Å². The van der Waals surface area contributed by atoms with E-state index >= 15 is 0 Å². The van der Waals surface area contributed by atoms with Crippen molar-refractivity contribution in [3.8, 4) is 11.5 Å². The van der Waals surface area contributed by atoms with Crippen LogP contribution in [-0.2, 0) is 0 Å². The Labute approximate surface area is 128 Å². The van der Waals surface area contributed by atoms with Gasteiger partial charge < -0.3 is 9.47 Å². The van der Waals surface area contributed by atoms with Gasteiger partial charge in [-0.3, -0.25) is 4.79 Å². The Bertz CT molecular complexity index is 415. The van der Waals surface area contributed by atoms with Crippen molar-refractivity contribution in [2.45, 2.75) is 65.4 Å². The minimum Gasteiger partial charge on any atom is -0.490 e. The Balaban J connectivity index is 2.50. The molecule has 118 valence electrons. The van der Waals surface area contributed by atoms with E-state index in [-0.39, 0.29) is 6.10 Å². The summed E-state index contributed by atoms with van der Waals surface area (Å²) in [6, 6.07) is 5.32. The second-order valence-corrected chi connectivity index (χ2v) is 5.39. The first-order chi connectivity index (χ1) is 10.2. The highest BCUT2D eigenvalue weighted by Gasteiger charge is 2.10. The molecule has 21 heavy (non-hydrogen) atoms. The molecule has 3 nitrogen and oxygen atoms in total. The van der Waals surface area contributed by atoms with Gasteiger partial charge in [0.15, 0.2) is 11.5 Å². The first-order valence-electron chi connectivity index (χ1n) is 8.09. The smallest absolute Gasteiger partial charge is 0.161 e. The van der Waals surface area contributed by atoms with Gasteiger partial charge in [-0.05, 0) is 44.9 Å². The molecule has 1 rings (SSSR count). The molecule has 0 aliphatic carbocycles. The van der Waals surface area contributed by atoms with Gasteiger partial charge in [0, 0.05) is 5.56 Å². The van der Waals surface area contributed by atoms with Crippen LogP contribution < -0.4 is 9.47 Å². The second kappa shape index (κ2) is 10.3. The van der Waals surface area contributed by atoms with Gasteiger partial charge in [0.25, 0.3) is 0 Å². The zero-order valence-electron chi connectivity index (χ0n) is 13.6. The van der Waals surface area contributed by atoms with Gasteiger partial charge in [-0.25, -0.2) is 0 Å². The molecule has 0 aromatic heterocycles. The third-order valence-corrected chi connectivity index (χ3v) is 3.45. The third kappa shape index (κ3) is 6.65. The number of aldehydes is 1. The van der Waals surface area contributed by atoms with E-state index in [2.05, 4.69) is 13.8 Å². The number of unbranched alkanes of at least 4 members (excludes halogenated alkanes) is 4. The molecular formula is C18H28O3. The Morgan fingerprint density at radius 1 is 1.10 bits per heavy atom. The summed E-state index contributed by atoms with van der Waals surface area (Å²) in [6.07, 6.45) is 8.38. The number of carbonyl (C=O) groups excluding carboxylic acids is 1. The normalized spacial score (nSPS) is 12.0. The van der Waals surface area contributed by atoms with Crippen LogP contribution >= 0.6 is 0 Å². The van der Waals surface area contributed by atoms with Crippen LogP contribution in [0.15, 0.2) is 18.2 Å². The molecule has 0 aliphatic heterocycles. The van der Waals surface area contributed by atoms with E-state index in [1.807, 2.05) is 13.0 Å². The van der Waals surface area contributed by atoms with E-state index in [4.69, 9.17) is 9.47 Å². The van der Waals surface area contributed by atoms with Gasteiger partial charge >= 0.3 is 0 Å². The average molecular weight is 292 g/mol. The van der Waals surface area contributed by atoms with E-state index < -0.39 is 0 Å². The molecule has 0 saturated carbocycles. The first-order valence-corrected chi connectivity index (χ1v) is 8.09. The molecule has 3 heteroatoms. The summed E-state index contributed by atoms with van der Waals surface area (Å²) in [5.74, 6) is 1.38. The van der Waals surface area contributed by atoms with Gasteiger partial charge in [-0.2, -0.15) is 0 Å². The van der Waals surface area contributed by atoms with Crippen molar-refractivity contribution in [1.82, 2.24) is 0 Å². The van der Waals surface area contributed by atoms with Crippen LogP contribution in [-0.4, -0.2) is 19.0 Å². The van der Waals surface area contributed by atoms with Crippen LogP contribution in [0.25, 0.3) is 0 Å². The van der Waals surface area contributed by atoms with Crippen molar-refractivity contribution in [1.29, 1.82) is 0 Å². The molecular weight excluding hydrogens is 264 g/mol. The fraction of sp³-hybridized carbons (Fsp3) is 0.611. The highest BCUT2D eigenvalue weighted by Crippen LogP contribution is 2.29. The summed E-state index contributed by atoms with van der Waals surface area (Å²) in [5, 5.41) is 0. The van der Waals surface area contributed by atoms with Crippen molar-refractivity contribution in [2.75, 3.05) is 6.61 Å². The number of hydrogen-bond acceptors (Lipinski definition) is 3. The molecule has 0 N–H and O–H groups in total. The lowest BCUT2D eigenvalue weighted by molar-refractivity contribution is 0.112. The van der Waals surface area contributed by atoms with Crippen molar-refractivity contribution in [3.63, 3.8) is 0 Å². The van der Waals surface area contributed by atoms with Crippen LogP contribution in [0.4, 0.5) is 0 Å². The second-order valence-electron chi connectivity index (χ2n) is 5.39. The number of benzene rings is 1. The van der Waals surface area contributed by atoms with Crippen molar-refractivity contribution >= 4 is 6.29 Å². The summed E-state index contributed by atoms with van der Waals surface area (Å²) < 4.78 is 11.5. The Morgan fingerprint density at radius 3 is 2.52 bits per heavy atom. The zero-order chi connectivity index (χ0) is 15.5. The number of rotatable bonds is 11. The van der Waals surface area contributed by atoms with Crippen molar-refractivity contribution in [3.05, 3.63) is 23.8 Å². The Hall–Kier alpha value is -1.51. The molecule has 1 atom stereocenters. The summed E-state index contributed by atoms with van der Waals surface area (Å²) in [7, 11) is 0. The van der Waals surface area contributed by atoms with Crippen LogP contribution in [0, 0.1) is 0 Å². The molecule has 0 amide bonds. The molecule has 0 heterocycles. The molecule has 0 spiro atoms. The third-order valence-electron chi connectivity index (χ3n) is 3.45. The first kappa shape index (κ1) is 17.5. The minimum absolute atomic E-state index is 0.160. The maximum atomic E-state index is 10.8. The lowest BCUT2D eigenvalue weighted by Crippen LogP contribution is -2.12. The van der Waals surface area contributed by atoms with Crippen molar-refractivity contribution < 1.29 is 14.3 Å². The lowest BCUT2D eigenvalue weighted by Gasteiger charge is -2.17. The summed E-state index contributed by atoms with van der Waals surface area (Å²) in [6.45, 7) is 6.80. The fourth-order valence-electron chi connectivity index (χ4n) is 2.27. The molecule has 1 aromatic carbocycles. The topological polar surface area (TPSA) is 35.5 Å². The highest BCUT2D eigenvalue weighted by molar-refractivity contribution is 5.76. The fourth-order valence-corrected chi connectivity index (χ4v) is 2.27. The van der Waals surface area contributed by atoms with E-state index in [1.54, 1.807) is 12.1 Å². The average Bonchev–Trinajstić information content (AvgIpc) is 2.49. The number of hydrogen-bond donors (Lipinski definition) is 0. The molecule has 1 unspecified atom stereocenters. The quantitative estimate of drug-likeness (QED) is 0.424. The summed E-state index contributed by atoms with van der Waals surface area (Å²) in [4.78, 5) is 10.8. The SMILES string of the molecule is CCCCCCCC(C)Oc1ccc(C=O)cc1OCC. The minimum atomic E-state index is 0.160. The number of ether oxygens (including phenoxy) is 2. The van der Waals surface area contributed by atoms with Gasteiger partial charge in [-0.1, -0.05) is 32.6 Å². The van der Waals surface area contributed by atoms with E-state index in [1.165, 1.54) is 32.1 Å².